The molecular formula is C17H25N. The molecule has 2 fully saturated rings. The van der Waals surface area contributed by atoms with Crippen molar-refractivity contribution in [3.05, 3.63) is 48.2 Å². The first-order valence-electron chi connectivity index (χ1n) is 6.96. The summed E-state index contributed by atoms with van der Waals surface area (Å²) in [5.41, 5.74) is 3.47. The fourth-order valence-electron chi connectivity index (χ4n) is 2.59. The zero-order valence-corrected chi connectivity index (χ0v) is 11.9. The molecule has 0 radical (unpaired) electrons. The van der Waals surface area contributed by atoms with Crippen LogP contribution in [0.15, 0.2) is 42.6 Å². The van der Waals surface area contributed by atoms with Gasteiger partial charge in [0.15, 0.2) is 0 Å². The van der Waals surface area contributed by atoms with Crippen molar-refractivity contribution in [2.75, 3.05) is 13.6 Å². The Hall–Kier alpha value is -1.24. The van der Waals surface area contributed by atoms with Gasteiger partial charge in [0, 0.05) is 19.3 Å². The Morgan fingerprint density at radius 3 is 2.06 bits per heavy atom. The van der Waals surface area contributed by atoms with E-state index in [-0.39, 0.29) is 0 Å². The summed E-state index contributed by atoms with van der Waals surface area (Å²) in [5, 5.41) is 0. The molecule has 0 amide bonds. The zero-order chi connectivity index (χ0) is 13.2. The molecule has 1 spiro atoms. The minimum atomic E-state index is 0.659. The second-order valence-electron chi connectivity index (χ2n) is 6.16. The number of hydrogen-bond donors (Lipinski definition) is 0. The lowest BCUT2D eigenvalue weighted by atomic mass is 10.0. The number of likely N-dealkylation sites (tertiary alicyclic amines) is 1. The lowest BCUT2D eigenvalue weighted by Crippen LogP contribution is -2.12. The maximum atomic E-state index is 4.00. The first kappa shape index (κ1) is 13.2. The van der Waals surface area contributed by atoms with Crippen molar-refractivity contribution in [1.82, 2.24) is 4.90 Å². The van der Waals surface area contributed by atoms with Crippen molar-refractivity contribution < 1.29 is 0 Å². The van der Waals surface area contributed by atoms with Gasteiger partial charge in [0.25, 0.3) is 0 Å². The highest BCUT2D eigenvalue weighted by atomic mass is 15.2. The van der Waals surface area contributed by atoms with E-state index in [9.17, 15) is 0 Å². The van der Waals surface area contributed by atoms with Crippen LogP contribution < -0.4 is 0 Å². The molecule has 1 nitrogen and oxygen atoms in total. The second-order valence-corrected chi connectivity index (χ2v) is 6.16. The van der Waals surface area contributed by atoms with Crippen LogP contribution in [0.4, 0.5) is 0 Å². The molecule has 1 aromatic carbocycles. The summed E-state index contributed by atoms with van der Waals surface area (Å²) < 4.78 is 0. The summed E-state index contributed by atoms with van der Waals surface area (Å²) >= 11 is 0. The molecule has 0 atom stereocenters. The first-order chi connectivity index (χ1) is 8.52. The van der Waals surface area contributed by atoms with Crippen LogP contribution in [0.2, 0.25) is 0 Å². The summed E-state index contributed by atoms with van der Waals surface area (Å²) in [7, 11) is 2.15. The monoisotopic (exact) mass is 243 g/mol. The predicted molar refractivity (Wildman–Crippen MR) is 78.6 cm³/mol. The fraction of sp³-hybridized carbons (Fsp3) is 0.529. The third kappa shape index (κ3) is 3.16. The Kier molecular flexibility index (Phi) is 3.79. The topological polar surface area (TPSA) is 3.24 Å². The highest BCUT2D eigenvalue weighted by molar-refractivity contribution is 5.17. The number of hydrogen-bond acceptors (Lipinski definition) is 1. The molecule has 18 heavy (non-hydrogen) atoms. The normalized spacial score (nSPS) is 20.0. The predicted octanol–water partition coefficient (Wildman–Crippen LogP) is 4.43. The Balaban J connectivity index is 0.000000134. The van der Waals surface area contributed by atoms with Gasteiger partial charge >= 0.3 is 0 Å². The average Bonchev–Trinajstić information content (AvgIpc) is 3.03. The Bertz CT molecular complexity index is 401. The van der Waals surface area contributed by atoms with Crippen molar-refractivity contribution in [1.29, 1.82) is 0 Å². The molecule has 0 aromatic heterocycles. The van der Waals surface area contributed by atoms with Crippen molar-refractivity contribution in [2.45, 2.75) is 39.0 Å². The average molecular weight is 243 g/mol. The van der Waals surface area contributed by atoms with Gasteiger partial charge in [-0.3, -0.25) is 0 Å². The van der Waals surface area contributed by atoms with Gasteiger partial charge in [0.1, 0.15) is 0 Å². The minimum Gasteiger partial charge on any atom is -0.378 e. The van der Waals surface area contributed by atoms with Crippen LogP contribution in [0.5, 0.6) is 0 Å². The van der Waals surface area contributed by atoms with Crippen LogP contribution in [0.25, 0.3) is 0 Å². The van der Waals surface area contributed by atoms with E-state index < -0.39 is 0 Å². The van der Waals surface area contributed by atoms with Gasteiger partial charge in [-0.1, -0.05) is 50.8 Å². The van der Waals surface area contributed by atoms with Crippen molar-refractivity contribution in [3.8, 4) is 0 Å². The van der Waals surface area contributed by atoms with Crippen LogP contribution in [-0.4, -0.2) is 18.5 Å². The Labute approximate surface area is 112 Å². The van der Waals surface area contributed by atoms with Crippen molar-refractivity contribution in [2.24, 2.45) is 5.41 Å². The number of nitrogens with zero attached hydrogens (tertiary/aromatic N) is 1. The lowest BCUT2D eigenvalue weighted by molar-refractivity contribution is 0.423. The SMILES string of the molecule is C=C1CC2(CC2)CN1C.CC(C)c1ccccc1. The van der Waals surface area contributed by atoms with E-state index in [0.717, 1.165) is 0 Å². The van der Waals surface area contributed by atoms with Gasteiger partial charge in [0.2, 0.25) is 0 Å². The molecular weight excluding hydrogens is 218 g/mol. The molecule has 0 bridgehead atoms. The number of rotatable bonds is 1. The molecule has 1 heterocycles. The quantitative estimate of drug-likeness (QED) is 0.705. The summed E-state index contributed by atoms with van der Waals surface area (Å²) in [6, 6.07) is 10.5. The maximum Gasteiger partial charge on any atom is 0.0231 e. The number of allylic oxidation sites excluding steroid dienone is 1. The van der Waals surface area contributed by atoms with E-state index in [2.05, 4.69) is 56.6 Å². The zero-order valence-electron chi connectivity index (χ0n) is 11.9. The van der Waals surface area contributed by atoms with E-state index >= 15 is 0 Å². The summed E-state index contributed by atoms with van der Waals surface area (Å²) in [6.07, 6.45) is 4.15. The third-order valence-corrected chi connectivity index (χ3v) is 4.11. The standard InChI is InChI=1S/C9H12.C8H13N/c1-8(2)9-6-4-3-5-7-9;1-7-5-8(3-4-8)6-9(7)2/h3-8H,1-2H3;1,3-6H2,2H3. The summed E-state index contributed by atoms with van der Waals surface area (Å²) in [6.45, 7) is 9.67. The molecule has 0 unspecified atom stereocenters. The second kappa shape index (κ2) is 5.17. The van der Waals surface area contributed by atoms with E-state index in [1.54, 1.807) is 0 Å². The van der Waals surface area contributed by atoms with Crippen LogP contribution in [0, 0.1) is 5.41 Å². The fourth-order valence-corrected chi connectivity index (χ4v) is 2.59. The van der Waals surface area contributed by atoms with Gasteiger partial charge in [0.05, 0.1) is 0 Å². The molecule has 1 aromatic rings. The minimum absolute atomic E-state index is 0.659. The lowest BCUT2D eigenvalue weighted by Gasteiger charge is -2.10. The van der Waals surface area contributed by atoms with Gasteiger partial charge in [-0.15, -0.1) is 0 Å². The van der Waals surface area contributed by atoms with Crippen LogP contribution in [-0.2, 0) is 0 Å². The van der Waals surface area contributed by atoms with Crippen molar-refractivity contribution >= 4 is 0 Å². The molecule has 98 valence electrons. The Morgan fingerprint density at radius 1 is 1.17 bits per heavy atom. The van der Waals surface area contributed by atoms with E-state index in [1.165, 1.54) is 37.1 Å². The van der Waals surface area contributed by atoms with E-state index in [4.69, 9.17) is 0 Å². The highest BCUT2D eigenvalue weighted by Crippen LogP contribution is 2.55. The van der Waals surface area contributed by atoms with Gasteiger partial charge in [-0.05, 0) is 36.2 Å². The van der Waals surface area contributed by atoms with Crippen LogP contribution in [0.1, 0.15) is 44.6 Å². The van der Waals surface area contributed by atoms with E-state index in [0.29, 0.717) is 11.3 Å². The molecule has 1 saturated heterocycles. The molecule has 1 aliphatic carbocycles. The van der Waals surface area contributed by atoms with Gasteiger partial charge in [-0.25, -0.2) is 0 Å². The largest absolute Gasteiger partial charge is 0.378 e. The van der Waals surface area contributed by atoms with Crippen LogP contribution in [0.3, 0.4) is 0 Å². The highest BCUT2D eigenvalue weighted by Gasteiger charge is 2.48. The van der Waals surface area contributed by atoms with E-state index in [1.807, 2.05) is 6.07 Å². The summed E-state index contributed by atoms with van der Waals surface area (Å²) in [5.74, 6) is 0.659. The smallest absolute Gasteiger partial charge is 0.0231 e. The Morgan fingerprint density at radius 2 is 1.78 bits per heavy atom. The van der Waals surface area contributed by atoms with Crippen LogP contribution >= 0.6 is 0 Å². The van der Waals surface area contributed by atoms with Crippen molar-refractivity contribution in [3.63, 3.8) is 0 Å². The molecule has 3 rings (SSSR count). The molecule has 1 heteroatoms. The molecule has 1 saturated carbocycles. The number of benzene rings is 1. The van der Waals surface area contributed by atoms with Gasteiger partial charge < -0.3 is 4.90 Å². The molecule has 0 N–H and O–H groups in total. The van der Waals surface area contributed by atoms with Gasteiger partial charge in [-0.2, -0.15) is 0 Å². The molecule has 2 aliphatic rings. The molecule has 1 aliphatic heterocycles. The maximum absolute atomic E-state index is 4.00. The first-order valence-corrected chi connectivity index (χ1v) is 6.96. The summed E-state index contributed by atoms with van der Waals surface area (Å²) in [4.78, 5) is 2.30. The third-order valence-electron chi connectivity index (χ3n) is 4.11.